The van der Waals surface area contributed by atoms with E-state index in [2.05, 4.69) is 5.32 Å². The van der Waals surface area contributed by atoms with Crippen LogP contribution in [-0.2, 0) is 0 Å². The zero-order chi connectivity index (χ0) is 15.6. The number of hydrogen-bond donors (Lipinski definition) is 1. The van der Waals surface area contributed by atoms with Gasteiger partial charge in [0.15, 0.2) is 0 Å². The number of halogens is 3. The molecule has 0 radical (unpaired) electrons. The van der Waals surface area contributed by atoms with Gasteiger partial charge in [-0.05, 0) is 24.6 Å². The summed E-state index contributed by atoms with van der Waals surface area (Å²) in [6.45, 7) is 1.72. The summed E-state index contributed by atoms with van der Waals surface area (Å²) in [4.78, 5) is 10.0. The standard InChI is InChI=1S/C14H11ClF2N2O2/c1-8(9-2-4-10(15)5-3-9)18-13-7-11(16)6-12(17)14(13)19(20)21/h2-8,18H,1H3. The Hall–Kier alpha value is -2.21. The molecule has 21 heavy (non-hydrogen) atoms. The van der Waals surface area contributed by atoms with Crippen LogP contribution in [0, 0.1) is 21.7 Å². The highest BCUT2D eigenvalue weighted by molar-refractivity contribution is 6.30. The van der Waals surface area contributed by atoms with Crippen molar-refractivity contribution in [2.75, 3.05) is 5.32 Å². The molecule has 0 aromatic heterocycles. The first-order valence-corrected chi connectivity index (χ1v) is 6.41. The van der Waals surface area contributed by atoms with E-state index in [1.807, 2.05) is 0 Å². The van der Waals surface area contributed by atoms with Crippen LogP contribution >= 0.6 is 11.6 Å². The van der Waals surface area contributed by atoms with Gasteiger partial charge in [-0.2, -0.15) is 4.39 Å². The van der Waals surface area contributed by atoms with E-state index in [9.17, 15) is 18.9 Å². The number of nitrogens with zero attached hydrogens (tertiary/aromatic N) is 1. The molecule has 0 aliphatic rings. The molecule has 0 amide bonds. The topological polar surface area (TPSA) is 55.2 Å². The zero-order valence-corrected chi connectivity index (χ0v) is 11.7. The van der Waals surface area contributed by atoms with Crippen LogP contribution in [0.3, 0.4) is 0 Å². The summed E-state index contributed by atoms with van der Waals surface area (Å²) in [5.74, 6) is -2.10. The number of benzene rings is 2. The number of nitro benzene ring substituents is 1. The third-order valence-electron chi connectivity index (χ3n) is 2.95. The Labute approximate surface area is 124 Å². The van der Waals surface area contributed by atoms with Crippen molar-refractivity contribution in [3.8, 4) is 0 Å². The lowest BCUT2D eigenvalue weighted by Crippen LogP contribution is -2.09. The highest BCUT2D eigenvalue weighted by Gasteiger charge is 2.23. The Morgan fingerprint density at radius 2 is 1.86 bits per heavy atom. The SMILES string of the molecule is CC(Nc1cc(F)cc(F)c1[N+](=O)[O-])c1ccc(Cl)cc1. The molecule has 2 aromatic rings. The van der Waals surface area contributed by atoms with Gasteiger partial charge in [0, 0.05) is 23.2 Å². The van der Waals surface area contributed by atoms with Crippen molar-refractivity contribution in [3.63, 3.8) is 0 Å². The monoisotopic (exact) mass is 312 g/mol. The first-order chi connectivity index (χ1) is 9.88. The van der Waals surface area contributed by atoms with Gasteiger partial charge in [-0.15, -0.1) is 0 Å². The van der Waals surface area contributed by atoms with Crippen LogP contribution in [-0.4, -0.2) is 4.92 Å². The molecule has 0 saturated heterocycles. The summed E-state index contributed by atoms with van der Waals surface area (Å²) in [6, 6.07) is 7.76. The molecular formula is C14H11ClF2N2O2. The Bertz CT molecular complexity index is 677. The van der Waals surface area contributed by atoms with Gasteiger partial charge in [0.25, 0.3) is 0 Å². The van der Waals surface area contributed by atoms with E-state index < -0.39 is 22.2 Å². The summed E-state index contributed by atoms with van der Waals surface area (Å²) >= 11 is 5.78. The number of anilines is 1. The smallest absolute Gasteiger partial charge is 0.327 e. The van der Waals surface area contributed by atoms with Crippen molar-refractivity contribution in [3.05, 3.63) is 68.7 Å². The second kappa shape index (κ2) is 6.05. The maximum Gasteiger partial charge on any atom is 0.327 e. The fraction of sp³-hybridized carbons (Fsp3) is 0.143. The highest BCUT2D eigenvalue weighted by Crippen LogP contribution is 2.31. The average molecular weight is 313 g/mol. The summed E-state index contributed by atoms with van der Waals surface area (Å²) in [6.07, 6.45) is 0. The van der Waals surface area contributed by atoms with Crippen molar-refractivity contribution in [1.29, 1.82) is 0 Å². The van der Waals surface area contributed by atoms with Crippen molar-refractivity contribution in [1.82, 2.24) is 0 Å². The molecule has 4 nitrogen and oxygen atoms in total. The molecule has 0 bridgehead atoms. The minimum atomic E-state index is -1.22. The molecule has 2 aromatic carbocycles. The first kappa shape index (κ1) is 15.2. The Morgan fingerprint density at radius 1 is 1.24 bits per heavy atom. The fourth-order valence-electron chi connectivity index (χ4n) is 1.93. The number of nitro groups is 1. The van der Waals surface area contributed by atoms with Gasteiger partial charge in [-0.1, -0.05) is 23.7 Å². The lowest BCUT2D eigenvalue weighted by Gasteiger charge is -2.16. The van der Waals surface area contributed by atoms with Crippen LogP contribution in [0.2, 0.25) is 5.02 Å². The van der Waals surface area contributed by atoms with Gasteiger partial charge in [-0.25, -0.2) is 4.39 Å². The van der Waals surface area contributed by atoms with Crippen LogP contribution in [0.1, 0.15) is 18.5 Å². The summed E-state index contributed by atoms with van der Waals surface area (Å²) < 4.78 is 26.8. The van der Waals surface area contributed by atoms with Crippen molar-refractivity contribution >= 4 is 23.0 Å². The Morgan fingerprint density at radius 3 is 2.43 bits per heavy atom. The largest absolute Gasteiger partial charge is 0.373 e. The number of nitrogens with one attached hydrogen (secondary N) is 1. The molecule has 0 heterocycles. The van der Waals surface area contributed by atoms with Crippen molar-refractivity contribution in [2.24, 2.45) is 0 Å². The van der Waals surface area contributed by atoms with Crippen LogP contribution in [0.4, 0.5) is 20.2 Å². The lowest BCUT2D eigenvalue weighted by molar-refractivity contribution is -0.386. The first-order valence-electron chi connectivity index (χ1n) is 6.04. The van der Waals surface area contributed by atoms with Crippen LogP contribution in [0.25, 0.3) is 0 Å². The fourth-order valence-corrected chi connectivity index (χ4v) is 2.06. The lowest BCUT2D eigenvalue weighted by atomic mass is 10.1. The van der Waals surface area contributed by atoms with Gasteiger partial charge in [0.2, 0.25) is 5.82 Å². The van der Waals surface area contributed by atoms with E-state index in [0.29, 0.717) is 11.1 Å². The molecule has 1 unspecified atom stereocenters. The van der Waals surface area contributed by atoms with E-state index in [1.165, 1.54) is 0 Å². The van der Waals surface area contributed by atoms with Crippen molar-refractivity contribution < 1.29 is 13.7 Å². The quantitative estimate of drug-likeness (QED) is 0.657. The van der Waals surface area contributed by atoms with Crippen LogP contribution in [0.5, 0.6) is 0 Å². The van der Waals surface area contributed by atoms with Crippen LogP contribution in [0.15, 0.2) is 36.4 Å². The molecule has 0 aliphatic heterocycles. The Balaban J connectivity index is 2.34. The van der Waals surface area contributed by atoms with Gasteiger partial charge < -0.3 is 5.32 Å². The van der Waals surface area contributed by atoms with E-state index in [-0.39, 0.29) is 11.7 Å². The number of rotatable bonds is 4. The van der Waals surface area contributed by atoms with Gasteiger partial charge >= 0.3 is 5.69 Å². The van der Waals surface area contributed by atoms with Crippen molar-refractivity contribution in [2.45, 2.75) is 13.0 Å². The molecule has 110 valence electrons. The minimum absolute atomic E-state index is 0.208. The average Bonchev–Trinajstić information content (AvgIpc) is 2.37. The zero-order valence-electron chi connectivity index (χ0n) is 10.9. The second-order valence-corrected chi connectivity index (χ2v) is 4.89. The maximum absolute atomic E-state index is 13.5. The molecule has 0 aliphatic carbocycles. The predicted octanol–water partition coefficient (Wildman–Crippen LogP) is 4.70. The third-order valence-corrected chi connectivity index (χ3v) is 3.20. The predicted molar refractivity (Wildman–Crippen MR) is 76.5 cm³/mol. The van der Waals surface area contributed by atoms with Gasteiger partial charge in [0.05, 0.1) is 4.92 Å². The maximum atomic E-state index is 13.5. The van der Waals surface area contributed by atoms with Gasteiger partial charge in [0.1, 0.15) is 11.5 Å². The second-order valence-electron chi connectivity index (χ2n) is 4.46. The van der Waals surface area contributed by atoms with E-state index >= 15 is 0 Å². The summed E-state index contributed by atoms with van der Waals surface area (Å²) in [5, 5.41) is 14.2. The van der Waals surface area contributed by atoms with E-state index in [1.54, 1.807) is 31.2 Å². The summed E-state index contributed by atoms with van der Waals surface area (Å²) in [5.41, 5.74) is -0.212. The summed E-state index contributed by atoms with van der Waals surface area (Å²) in [7, 11) is 0. The normalized spacial score (nSPS) is 12.0. The number of hydrogen-bond acceptors (Lipinski definition) is 3. The Kier molecular flexibility index (Phi) is 4.37. The molecule has 7 heteroatoms. The molecule has 2 rings (SSSR count). The highest BCUT2D eigenvalue weighted by atomic mass is 35.5. The van der Waals surface area contributed by atoms with E-state index in [4.69, 9.17) is 11.6 Å². The molecule has 1 atom stereocenters. The van der Waals surface area contributed by atoms with Gasteiger partial charge in [-0.3, -0.25) is 10.1 Å². The van der Waals surface area contributed by atoms with E-state index in [0.717, 1.165) is 11.6 Å². The molecule has 1 N–H and O–H groups in total. The molecule has 0 fully saturated rings. The molecule has 0 spiro atoms. The van der Waals surface area contributed by atoms with Crippen LogP contribution < -0.4 is 5.32 Å². The third kappa shape index (κ3) is 3.46. The molecule has 0 saturated carbocycles. The minimum Gasteiger partial charge on any atom is -0.373 e. The molecular weight excluding hydrogens is 302 g/mol.